The van der Waals surface area contributed by atoms with E-state index in [4.69, 9.17) is 4.74 Å². The summed E-state index contributed by atoms with van der Waals surface area (Å²) in [7, 11) is 3.43. The van der Waals surface area contributed by atoms with Crippen molar-refractivity contribution in [3.8, 4) is 5.75 Å². The summed E-state index contributed by atoms with van der Waals surface area (Å²) in [6, 6.07) is 12.9. The Morgan fingerprint density at radius 1 is 1.21 bits per heavy atom. The fourth-order valence-electron chi connectivity index (χ4n) is 2.43. The molecule has 0 aliphatic carbocycles. The molecule has 3 aromatic rings. The molecule has 0 spiro atoms. The van der Waals surface area contributed by atoms with Crippen LogP contribution < -0.4 is 10.1 Å². The van der Waals surface area contributed by atoms with Crippen molar-refractivity contribution >= 4 is 50.3 Å². The van der Waals surface area contributed by atoms with Crippen molar-refractivity contribution in [2.45, 2.75) is 11.8 Å². The van der Waals surface area contributed by atoms with E-state index >= 15 is 0 Å². The molecule has 146 valence electrons. The SMILES string of the molecule is CCOc1ccc2nc(NC(=O)c3ccccc3SCC(=O)N(C)C)sc2c1. The predicted octanol–water partition coefficient (Wildman–Crippen LogP) is 4.13. The average Bonchev–Trinajstić information content (AvgIpc) is 3.07. The summed E-state index contributed by atoms with van der Waals surface area (Å²) >= 11 is 2.75. The molecule has 0 radical (unpaired) electrons. The van der Waals surface area contributed by atoms with Crippen LogP contribution >= 0.6 is 23.1 Å². The van der Waals surface area contributed by atoms with Gasteiger partial charge in [-0.25, -0.2) is 4.98 Å². The molecule has 8 heteroatoms. The van der Waals surface area contributed by atoms with Crippen LogP contribution in [0.25, 0.3) is 10.2 Å². The normalized spacial score (nSPS) is 10.7. The third kappa shape index (κ3) is 4.82. The van der Waals surface area contributed by atoms with Crippen molar-refractivity contribution < 1.29 is 14.3 Å². The molecule has 0 atom stereocenters. The highest BCUT2D eigenvalue weighted by Gasteiger charge is 2.15. The third-order valence-corrected chi connectivity index (χ3v) is 5.86. The molecule has 1 N–H and O–H groups in total. The zero-order valence-corrected chi connectivity index (χ0v) is 17.5. The lowest BCUT2D eigenvalue weighted by Gasteiger charge is -2.11. The fraction of sp³-hybridized carbons (Fsp3) is 0.250. The second kappa shape index (κ2) is 9.07. The summed E-state index contributed by atoms with van der Waals surface area (Å²) in [5.74, 6) is 0.809. The molecule has 1 heterocycles. The fourth-order valence-corrected chi connectivity index (χ4v) is 4.35. The van der Waals surface area contributed by atoms with E-state index < -0.39 is 0 Å². The van der Waals surface area contributed by atoms with Crippen LogP contribution in [0.1, 0.15) is 17.3 Å². The number of thioether (sulfide) groups is 1. The van der Waals surface area contributed by atoms with Crippen LogP contribution in [0, 0.1) is 0 Å². The van der Waals surface area contributed by atoms with Gasteiger partial charge in [-0.2, -0.15) is 0 Å². The zero-order valence-electron chi connectivity index (χ0n) is 15.9. The van der Waals surface area contributed by atoms with Crippen molar-refractivity contribution in [3.05, 3.63) is 48.0 Å². The molecule has 1 aromatic heterocycles. The predicted molar refractivity (Wildman–Crippen MR) is 115 cm³/mol. The van der Waals surface area contributed by atoms with Crippen molar-refractivity contribution in [1.82, 2.24) is 9.88 Å². The quantitative estimate of drug-likeness (QED) is 0.588. The first-order chi connectivity index (χ1) is 13.5. The van der Waals surface area contributed by atoms with Gasteiger partial charge in [-0.05, 0) is 37.3 Å². The largest absolute Gasteiger partial charge is 0.494 e. The van der Waals surface area contributed by atoms with E-state index in [9.17, 15) is 9.59 Å². The van der Waals surface area contributed by atoms with Crippen LogP contribution in [0.4, 0.5) is 5.13 Å². The van der Waals surface area contributed by atoms with Gasteiger partial charge in [0.15, 0.2) is 5.13 Å². The van der Waals surface area contributed by atoms with Gasteiger partial charge in [0.25, 0.3) is 5.91 Å². The van der Waals surface area contributed by atoms with Crippen LogP contribution in [0.2, 0.25) is 0 Å². The molecule has 0 saturated heterocycles. The lowest BCUT2D eigenvalue weighted by atomic mass is 10.2. The monoisotopic (exact) mass is 415 g/mol. The number of benzene rings is 2. The van der Waals surface area contributed by atoms with Gasteiger partial charge in [-0.15, -0.1) is 11.8 Å². The molecule has 0 fully saturated rings. The molecule has 0 saturated carbocycles. The van der Waals surface area contributed by atoms with E-state index in [1.54, 1.807) is 26.2 Å². The Morgan fingerprint density at radius 3 is 2.75 bits per heavy atom. The van der Waals surface area contributed by atoms with Crippen LogP contribution in [0.5, 0.6) is 5.75 Å². The third-order valence-electron chi connectivity index (χ3n) is 3.87. The zero-order chi connectivity index (χ0) is 20.1. The standard InChI is InChI=1S/C20H21N3O3S2/c1-4-26-13-9-10-15-17(11-13)28-20(21-15)22-19(25)14-7-5-6-8-16(14)27-12-18(24)23(2)3/h5-11H,4,12H2,1-3H3,(H,21,22,25). The minimum absolute atomic E-state index is 0.00325. The molecule has 0 aliphatic heterocycles. The number of thiazole rings is 1. The minimum atomic E-state index is -0.246. The van der Waals surface area contributed by atoms with Crippen molar-refractivity contribution in [2.75, 3.05) is 31.8 Å². The maximum atomic E-state index is 12.8. The van der Waals surface area contributed by atoms with E-state index in [0.29, 0.717) is 17.3 Å². The lowest BCUT2D eigenvalue weighted by Crippen LogP contribution is -2.23. The van der Waals surface area contributed by atoms with Gasteiger partial charge in [-0.1, -0.05) is 23.5 Å². The molecule has 3 rings (SSSR count). The summed E-state index contributed by atoms with van der Waals surface area (Å²) < 4.78 is 6.46. The van der Waals surface area contributed by atoms with Crippen LogP contribution in [-0.4, -0.2) is 48.2 Å². The van der Waals surface area contributed by atoms with Gasteiger partial charge in [0.1, 0.15) is 5.75 Å². The number of hydrogen-bond acceptors (Lipinski definition) is 6. The molecule has 6 nitrogen and oxygen atoms in total. The number of hydrogen-bond donors (Lipinski definition) is 1. The Labute approximate surface area is 171 Å². The number of carbonyl (C=O) groups excluding carboxylic acids is 2. The van der Waals surface area contributed by atoms with E-state index in [-0.39, 0.29) is 17.6 Å². The number of ether oxygens (including phenoxy) is 1. The molecule has 0 bridgehead atoms. The number of anilines is 1. The molecule has 0 aliphatic rings. The van der Waals surface area contributed by atoms with E-state index in [0.717, 1.165) is 20.9 Å². The van der Waals surface area contributed by atoms with Crippen molar-refractivity contribution in [3.63, 3.8) is 0 Å². The summed E-state index contributed by atoms with van der Waals surface area (Å²) in [6.45, 7) is 2.53. The first-order valence-electron chi connectivity index (χ1n) is 8.74. The highest BCUT2D eigenvalue weighted by Crippen LogP contribution is 2.30. The van der Waals surface area contributed by atoms with E-state index in [2.05, 4.69) is 10.3 Å². The first kappa shape index (κ1) is 20.2. The topological polar surface area (TPSA) is 71.5 Å². The van der Waals surface area contributed by atoms with Crippen LogP contribution in [0.3, 0.4) is 0 Å². The second-order valence-electron chi connectivity index (χ2n) is 6.11. The summed E-state index contributed by atoms with van der Waals surface area (Å²) in [5, 5.41) is 3.39. The Morgan fingerprint density at radius 2 is 2.00 bits per heavy atom. The Balaban J connectivity index is 1.76. The molecule has 2 amide bonds. The Kier molecular flexibility index (Phi) is 6.53. The highest BCUT2D eigenvalue weighted by atomic mass is 32.2. The summed E-state index contributed by atoms with van der Waals surface area (Å²) in [5.41, 5.74) is 1.33. The highest BCUT2D eigenvalue weighted by molar-refractivity contribution is 8.00. The van der Waals surface area contributed by atoms with Crippen LogP contribution in [0.15, 0.2) is 47.4 Å². The number of aromatic nitrogens is 1. The van der Waals surface area contributed by atoms with Crippen molar-refractivity contribution in [1.29, 1.82) is 0 Å². The number of nitrogens with zero attached hydrogens (tertiary/aromatic N) is 2. The number of rotatable bonds is 7. The number of fused-ring (bicyclic) bond motifs is 1. The summed E-state index contributed by atoms with van der Waals surface area (Å²) in [6.07, 6.45) is 0. The molecular formula is C20H21N3O3S2. The molecule has 28 heavy (non-hydrogen) atoms. The molecule has 2 aromatic carbocycles. The van der Waals surface area contributed by atoms with E-state index in [1.807, 2.05) is 37.3 Å². The van der Waals surface area contributed by atoms with Crippen LogP contribution in [-0.2, 0) is 4.79 Å². The van der Waals surface area contributed by atoms with Gasteiger partial charge in [0.2, 0.25) is 5.91 Å². The maximum absolute atomic E-state index is 12.8. The minimum Gasteiger partial charge on any atom is -0.494 e. The van der Waals surface area contributed by atoms with Gasteiger partial charge in [0, 0.05) is 19.0 Å². The van der Waals surface area contributed by atoms with Gasteiger partial charge in [-0.3, -0.25) is 14.9 Å². The van der Waals surface area contributed by atoms with Gasteiger partial charge in [0.05, 0.1) is 28.1 Å². The summed E-state index contributed by atoms with van der Waals surface area (Å²) in [4.78, 5) is 31.4. The van der Waals surface area contributed by atoms with Crippen molar-refractivity contribution in [2.24, 2.45) is 0 Å². The average molecular weight is 416 g/mol. The lowest BCUT2D eigenvalue weighted by molar-refractivity contribution is -0.125. The Hall–Kier alpha value is -2.58. The Bertz CT molecular complexity index is 1000. The molecular weight excluding hydrogens is 394 g/mol. The smallest absolute Gasteiger partial charge is 0.258 e. The number of nitrogens with one attached hydrogen (secondary N) is 1. The number of amides is 2. The maximum Gasteiger partial charge on any atom is 0.258 e. The first-order valence-corrected chi connectivity index (χ1v) is 10.5. The van der Waals surface area contributed by atoms with Gasteiger partial charge >= 0.3 is 0 Å². The molecule has 0 unspecified atom stereocenters. The number of carbonyl (C=O) groups is 2. The van der Waals surface area contributed by atoms with E-state index in [1.165, 1.54) is 28.0 Å². The second-order valence-corrected chi connectivity index (χ2v) is 8.16. The van der Waals surface area contributed by atoms with Gasteiger partial charge < -0.3 is 9.64 Å².